The van der Waals surface area contributed by atoms with E-state index in [4.69, 9.17) is 0 Å². The van der Waals surface area contributed by atoms with E-state index in [1.807, 2.05) is 35.2 Å². The molecule has 0 unspecified atom stereocenters. The molecule has 2 rings (SSSR count). The van der Waals surface area contributed by atoms with Gasteiger partial charge in [-0.2, -0.15) is 0 Å². The van der Waals surface area contributed by atoms with Crippen LogP contribution in [-0.2, 0) is 16.1 Å². The number of carbonyl (C=O) groups is 2. The largest absolute Gasteiger partial charge is 0.352 e. The number of carbonyl (C=O) groups excluding carboxylic acids is 2. The van der Waals surface area contributed by atoms with E-state index in [9.17, 15) is 9.59 Å². The Labute approximate surface area is 132 Å². The summed E-state index contributed by atoms with van der Waals surface area (Å²) < 4.78 is 0. The molecule has 0 aliphatic heterocycles. The van der Waals surface area contributed by atoms with Crippen LogP contribution < -0.4 is 5.32 Å². The normalized spacial score (nSPS) is 15.3. The summed E-state index contributed by atoms with van der Waals surface area (Å²) in [5, 5.41) is 2.92. The van der Waals surface area contributed by atoms with Crippen LogP contribution in [0.1, 0.15) is 51.0 Å². The summed E-state index contributed by atoms with van der Waals surface area (Å²) in [5.41, 5.74) is 1.09. The van der Waals surface area contributed by atoms with Crippen LogP contribution in [0.15, 0.2) is 30.3 Å². The maximum atomic E-state index is 12.0. The molecule has 22 heavy (non-hydrogen) atoms. The SMILES string of the molecule is CC(=O)N(CCC(=O)NCc1ccccc1)C1CCCCC1. The van der Waals surface area contributed by atoms with E-state index in [2.05, 4.69) is 5.32 Å². The van der Waals surface area contributed by atoms with Crippen molar-refractivity contribution < 1.29 is 9.59 Å². The van der Waals surface area contributed by atoms with Gasteiger partial charge in [0.05, 0.1) is 0 Å². The third-order valence-corrected chi connectivity index (χ3v) is 4.33. The maximum absolute atomic E-state index is 12.0. The van der Waals surface area contributed by atoms with Crippen LogP contribution in [0, 0.1) is 0 Å². The van der Waals surface area contributed by atoms with Crippen LogP contribution in [0.4, 0.5) is 0 Å². The highest BCUT2D eigenvalue weighted by molar-refractivity contribution is 5.78. The first-order valence-electron chi connectivity index (χ1n) is 8.24. The molecule has 0 spiro atoms. The van der Waals surface area contributed by atoms with Gasteiger partial charge in [0, 0.05) is 32.5 Å². The molecule has 120 valence electrons. The van der Waals surface area contributed by atoms with Gasteiger partial charge in [0.1, 0.15) is 0 Å². The Morgan fingerprint density at radius 3 is 2.45 bits per heavy atom. The van der Waals surface area contributed by atoms with Crippen molar-refractivity contribution in [2.45, 2.75) is 58.0 Å². The number of nitrogens with zero attached hydrogens (tertiary/aromatic N) is 1. The van der Waals surface area contributed by atoms with Crippen molar-refractivity contribution in [2.24, 2.45) is 0 Å². The molecule has 4 heteroatoms. The summed E-state index contributed by atoms with van der Waals surface area (Å²) in [6.07, 6.45) is 6.17. The number of rotatable bonds is 6. The topological polar surface area (TPSA) is 49.4 Å². The van der Waals surface area contributed by atoms with Crippen molar-refractivity contribution in [1.29, 1.82) is 0 Å². The van der Waals surface area contributed by atoms with Gasteiger partial charge in [0.15, 0.2) is 0 Å². The monoisotopic (exact) mass is 302 g/mol. The summed E-state index contributed by atoms with van der Waals surface area (Å²) in [6, 6.07) is 10.2. The minimum atomic E-state index is 0.00547. The molecule has 1 N–H and O–H groups in total. The summed E-state index contributed by atoms with van der Waals surface area (Å²) in [6.45, 7) is 2.68. The summed E-state index contributed by atoms with van der Waals surface area (Å²) in [5.74, 6) is 0.0914. The zero-order chi connectivity index (χ0) is 15.8. The molecular formula is C18H26N2O2. The van der Waals surface area contributed by atoms with Gasteiger partial charge in [-0.25, -0.2) is 0 Å². The first-order chi connectivity index (χ1) is 10.7. The standard InChI is InChI=1S/C18H26N2O2/c1-15(21)20(17-10-6-3-7-11-17)13-12-18(22)19-14-16-8-4-2-5-9-16/h2,4-5,8-9,17H,3,6-7,10-14H2,1H3,(H,19,22). The van der Waals surface area contributed by atoms with Crippen molar-refractivity contribution >= 4 is 11.8 Å². The second-order valence-corrected chi connectivity index (χ2v) is 6.02. The van der Waals surface area contributed by atoms with E-state index in [1.54, 1.807) is 6.92 Å². The van der Waals surface area contributed by atoms with E-state index in [1.165, 1.54) is 19.3 Å². The minimum absolute atomic E-state index is 0.00547. The molecule has 1 aromatic carbocycles. The van der Waals surface area contributed by atoms with Gasteiger partial charge in [-0.05, 0) is 18.4 Å². The molecule has 0 atom stereocenters. The Hall–Kier alpha value is -1.84. The lowest BCUT2D eigenvalue weighted by atomic mass is 9.94. The molecule has 2 amide bonds. The van der Waals surface area contributed by atoms with Crippen LogP contribution >= 0.6 is 0 Å². The predicted molar refractivity (Wildman–Crippen MR) is 87.2 cm³/mol. The number of amides is 2. The molecule has 1 saturated carbocycles. The molecule has 1 fully saturated rings. The second kappa shape index (κ2) is 8.57. The lowest BCUT2D eigenvalue weighted by Gasteiger charge is -2.33. The van der Waals surface area contributed by atoms with Crippen molar-refractivity contribution in [2.75, 3.05) is 6.54 Å². The molecule has 4 nitrogen and oxygen atoms in total. The molecule has 0 saturated heterocycles. The summed E-state index contributed by atoms with van der Waals surface area (Å²) >= 11 is 0. The number of benzene rings is 1. The van der Waals surface area contributed by atoms with Crippen molar-refractivity contribution in [3.8, 4) is 0 Å². The first-order valence-corrected chi connectivity index (χ1v) is 8.24. The Balaban J connectivity index is 1.76. The summed E-state index contributed by atoms with van der Waals surface area (Å²) in [7, 11) is 0. The Morgan fingerprint density at radius 2 is 1.82 bits per heavy atom. The van der Waals surface area contributed by atoms with E-state index in [0.717, 1.165) is 18.4 Å². The lowest BCUT2D eigenvalue weighted by Crippen LogP contribution is -2.42. The highest BCUT2D eigenvalue weighted by Gasteiger charge is 2.23. The molecule has 1 aromatic rings. The van der Waals surface area contributed by atoms with E-state index in [0.29, 0.717) is 25.6 Å². The third kappa shape index (κ3) is 5.17. The van der Waals surface area contributed by atoms with Crippen LogP contribution in [0.2, 0.25) is 0 Å². The van der Waals surface area contributed by atoms with E-state index >= 15 is 0 Å². The van der Waals surface area contributed by atoms with Gasteiger partial charge in [-0.3, -0.25) is 9.59 Å². The third-order valence-electron chi connectivity index (χ3n) is 4.33. The van der Waals surface area contributed by atoms with Crippen molar-refractivity contribution in [1.82, 2.24) is 10.2 Å². The molecule has 0 radical (unpaired) electrons. The van der Waals surface area contributed by atoms with Crippen molar-refractivity contribution in [3.63, 3.8) is 0 Å². The highest BCUT2D eigenvalue weighted by Crippen LogP contribution is 2.22. The zero-order valence-electron chi connectivity index (χ0n) is 13.4. The fourth-order valence-corrected chi connectivity index (χ4v) is 3.10. The van der Waals surface area contributed by atoms with Crippen molar-refractivity contribution in [3.05, 3.63) is 35.9 Å². The van der Waals surface area contributed by atoms with Crippen LogP contribution in [-0.4, -0.2) is 29.3 Å². The molecule has 1 aliphatic carbocycles. The van der Waals surface area contributed by atoms with E-state index < -0.39 is 0 Å². The highest BCUT2D eigenvalue weighted by atomic mass is 16.2. The second-order valence-electron chi connectivity index (χ2n) is 6.02. The maximum Gasteiger partial charge on any atom is 0.222 e. The molecular weight excluding hydrogens is 276 g/mol. The van der Waals surface area contributed by atoms with Gasteiger partial charge in [-0.15, -0.1) is 0 Å². The fraction of sp³-hybridized carbons (Fsp3) is 0.556. The number of nitrogens with one attached hydrogen (secondary N) is 1. The Morgan fingerprint density at radius 1 is 1.14 bits per heavy atom. The minimum Gasteiger partial charge on any atom is -0.352 e. The Kier molecular flexibility index (Phi) is 6.44. The van der Waals surface area contributed by atoms with Crippen LogP contribution in [0.25, 0.3) is 0 Å². The quantitative estimate of drug-likeness (QED) is 0.878. The fourth-order valence-electron chi connectivity index (χ4n) is 3.10. The lowest BCUT2D eigenvalue weighted by molar-refractivity contribution is -0.132. The molecule has 1 aliphatic rings. The van der Waals surface area contributed by atoms with Gasteiger partial charge >= 0.3 is 0 Å². The molecule has 0 bridgehead atoms. The Bertz CT molecular complexity index is 481. The van der Waals surface area contributed by atoms with E-state index in [-0.39, 0.29) is 11.8 Å². The predicted octanol–water partition coefficient (Wildman–Crippen LogP) is 2.87. The van der Waals surface area contributed by atoms with Gasteiger partial charge < -0.3 is 10.2 Å². The molecule has 0 aromatic heterocycles. The summed E-state index contributed by atoms with van der Waals surface area (Å²) in [4.78, 5) is 25.7. The average Bonchev–Trinajstić information content (AvgIpc) is 2.55. The smallest absolute Gasteiger partial charge is 0.222 e. The van der Waals surface area contributed by atoms with Crippen LogP contribution in [0.3, 0.4) is 0 Å². The number of hydrogen-bond acceptors (Lipinski definition) is 2. The van der Waals surface area contributed by atoms with Gasteiger partial charge in [0.25, 0.3) is 0 Å². The van der Waals surface area contributed by atoms with Gasteiger partial charge in [-0.1, -0.05) is 49.6 Å². The van der Waals surface area contributed by atoms with Crippen LogP contribution in [0.5, 0.6) is 0 Å². The molecule has 0 heterocycles. The average molecular weight is 302 g/mol. The van der Waals surface area contributed by atoms with Gasteiger partial charge in [0.2, 0.25) is 11.8 Å². The zero-order valence-corrected chi connectivity index (χ0v) is 13.4. The number of hydrogen-bond donors (Lipinski definition) is 1. The first kappa shape index (κ1) is 16.5.